The Morgan fingerprint density at radius 3 is 3.19 bits per heavy atom. The highest BCUT2D eigenvalue weighted by Crippen LogP contribution is 2.29. The third kappa shape index (κ3) is 3.61. The number of fused-ring (bicyclic) bond motifs is 1. The molecule has 8 heteroatoms. The zero-order valence-corrected chi connectivity index (χ0v) is 14.9. The molecule has 1 amide bonds. The molecule has 1 aliphatic heterocycles. The number of carbonyl (C=O) groups excluding carboxylic acids is 1. The van der Waals surface area contributed by atoms with E-state index >= 15 is 0 Å². The molecule has 2 fully saturated rings. The fourth-order valence-corrected chi connectivity index (χ4v) is 3.72. The molecular weight excluding hydrogens is 332 g/mol. The largest absolute Gasteiger partial charge is 0.375 e. The fourth-order valence-electron chi connectivity index (χ4n) is 3.72. The number of carbonyl (C=O) groups is 1. The minimum atomic E-state index is 0.00759. The van der Waals surface area contributed by atoms with Gasteiger partial charge in [0, 0.05) is 29.8 Å². The van der Waals surface area contributed by atoms with Gasteiger partial charge in [0.2, 0.25) is 11.7 Å². The molecule has 0 unspecified atom stereocenters. The zero-order chi connectivity index (χ0) is 17.9. The Balaban J connectivity index is 1.42. The molecule has 0 radical (unpaired) electrons. The van der Waals surface area contributed by atoms with E-state index in [9.17, 15) is 4.79 Å². The van der Waals surface area contributed by atoms with Crippen molar-refractivity contribution in [1.82, 2.24) is 25.5 Å². The highest BCUT2D eigenvalue weighted by Gasteiger charge is 2.35. The summed E-state index contributed by atoms with van der Waals surface area (Å²) < 4.78 is 5.79. The van der Waals surface area contributed by atoms with E-state index in [0.29, 0.717) is 12.4 Å². The van der Waals surface area contributed by atoms with Crippen LogP contribution in [0, 0.1) is 5.92 Å². The quantitative estimate of drug-likeness (QED) is 0.861. The molecule has 1 aliphatic carbocycles. The maximum atomic E-state index is 12.7. The summed E-state index contributed by atoms with van der Waals surface area (Å²) in [5.74, 6) is 0.637. The van der Waals surface area contributed by atoms with Crippen LogP contribution in [0.15, 0.2) is 24.3 Å². The summed E-state index contributed by atoms with van der Waals surface area (Å²) in [6.07, 6.45) is 2.87. The maximum Gasteiger partial charge on any atom is 0.227 e. The average molecular weight is 356 g/mol. The van der Waals surface area contributed by atoms with Gasteiger partial charge in [-0.2, -0.15) is 4.80 Å². The number of nitrogens with zero attached hydrogens (tertiary/aromatic N) is 4. The summed E-state index contributed by atoms with van der Waals surface area (Å²) in [5.41, 5.74) is 1.60. The molecule has 2 aliphatic rings. The number of benzene rings is 1. The van der Waals surface area contributed by atoms with Gasteiger partial charge in [0.05, 0.1) is 19.3 Å². The molecule has 2 aromatic rings. The van der Waals surface area contributed by atoms with Crippen LogP contribution >= 0.6 is 0 Å². The van der Waals surface area contributed by atoms with Gasteiger partial charge in [0.15, 0.2) is 0 Å². The number of morpholine rings is 1. The summed E-state index contributed by atoms with van der Waals surface area (Å²) in [6.45, 7) is 4.26. The lowest BCUT2D eigenvalue weighted by Crippen LogP contribution is -2.52. The van der Waals surface area contributed by atoms with Crippen LogP contribution in [-0.2, 0) is 16.1 Å². The van der Waals surface area contributed by atoms with Crippen molar-refractivity contribution >= 4 is 11.6 Å². The van der Waals surface area contributed by atoms with Crippen molar-refractivity contribution < 1.29 is 9.53 Å². The van der Waals surface area contributed by atoms with E-state index in [1.165, 1.54) is 4.80 Å². The number of aromatic nitrogens is 4. The molecule has 1 aromatic heterocycles. The summed E-state index contributed by atoms with van der Waals surface area (Å²) in [5, 5.41) is 18.9. The van der Waals surface area contributed by atoms with E-state index in [-0.39, 0.29) is 24.0 Å². The number of ether oxygens (including phenoxy) is 1. The molecule has 0 bridgehead atoms. The Hall–Kier alpha value is -2.32. The van der Waals surface area contributed by atoms with Crippen molar-refractivity contribution in [2.45, 2.75) is 44.9 Å². The SMILES string of the molecule is CCn1nnc(-c2cccc(NC(=O)[C@H]3CC[C@H]4OCCN[C@@H]4C3)c2)n1. The number of aryl methyl sites for hydroxylation is 1. The Morgan fingerprint density at radius 2 is 2.35 bits per heavy atom. The van der Waals surface area contributed by atoms with E-state index in [2.05, 4.69) is 26.0 Å². The Kier molecular flexibility index (Phi) is 4.94. The molecule has 0 spiro atoms. The first-order valence-electron chi connectivity index (χ1n) is 9.27. The van der Waals surface area contributed by atoms with Crippen LogP contribution in [0.1, 0.15) is 26.2 Å². The summed E-state index contributed by atoms with van der Waals surface area (Å²) in [6, 6.07) is 7.88. The van der Waals surface area contributed by atoms with E-state index < -0.39 is 0 Å². The second-order valence-corrected chi connectivity index (χ2v) is 6.85. The van der Waals surface area contributed by atoms with Gasteiger partial charge in [-0.05, 0) is 43.5 Å². The number of hydrogen-bond acceptors (Lipinski definition) is 6. The van der Waals surface area contributed by atoms with Crippen molar-refractivity contribution in [3.05, 3.63) is 24.3 Å². The molecule has 4 rings (SSSR count). The van der Waals surface area contributed by atoms with Gasteiger partial charge < -0.3 is 15.4 Å². The van der Waals surface area contributed by atoms with Crippen LogP contribution in [0.3, 0.4) is 0 Å². The van der Waals surface area contributed by atoms with Gasteiger partial charge in [-0.25, -0.2) is 0 Å². The topological polar surface area (TPSA) is 94.0 Å². The minimum Gasteiger partial charge on any atom is -0.375 e. The molecule has 138 valence electrons. The van der Waals surface area contributed by atoms with Crippen LogP contribution in [0.2, 0.25) is 0 Å². The van der Waals surface area contributed by atoms with Crippen LogP contribution in [-0.4, -0.2) is 51.4 Å². The predicted molar refractivity (Wildman–Crippen MR) is 96.4 cm³/mol. The van der Waals surface area contributed by atoms with E-state index in [4.69, 9.17) is 4.74 Å². The van der Waals surface area contributed by atoms with Crippen molar-refractivity contribution in [3.63, 3.8) is 0 Å². The van der Waals surface area contributed by atoms with Gasteiger partial charge in [-0.3, -0.25) is 4.79 Å². The number of nitrogens with one attached hydrogen (secondary N) is 2. The van der Waals surface area contributed by atoms with Gasteiger partial charge in [0.25, 0.3) is 0 Å². The molecule has 26 heavy (non-hydrogen) atoms. The first kappa shape index (κ1) is 17.1. The molecule has 1 saturated carbocycles. The number of rotatable bonds is 4. The summed E-state index contributed by atoms with van der Waals surface area (Å²) >= 11 is 0. The predicted octanol–water partition coefficient (Wildman–Crippen LogP) is 1.46. The van der Waals surface area contributed by atoms with Crippen molar-refractivity contribution in [3.8, 4) is 11.4 Å². The van der Waals surface area contributed by atoms with E-state index in [0.717, 1.165) is 43.7 Å². The Bertz CT molecular complexity index is 777. The van der Waals surface area contributed by atoms with Gasteiger partial charge >= 0.3 is 0 Å². The third-order valence-corrected chi connectivity index (χ3v) is 5.12. The van der Waals surface area contributed by atoms with E-state index in [1.54, 1.807) is 0 Å². The summed E-state index contributed by atoms with van der Waals surface area (Å²) in [7, 11) is 0. The summed E-state index contributed by atoms with van der Waals surface area (Å²) in [4.78, 5) is 14.3. The maximum absolute atomic E-state index is 12.7. The van der Waals surface area contributed by atoms with Gasteiger partial charge in [0.1, 0.15) is 0 Å². The van der Waals surface area contributed by atoms with E-state index in [1.807, 2.05) is 31.2 Å². The average Bonchev–Trinajstić information content (AvgIpc) is 3.17. The highest BCUT2D eigenvalue weighted by molar-refractivity contribution is 5.93. The third-order valence-electron chi connectivity index (χ3n) is 5.12. The molecule has 1 saturated heterocycles. The lowest BCUT2D eigenvalue weighted by atomic mass is 9.82. The molecule has 2 heterocycles. The first-order valence-corrected chi connectivity index (χ1v) is 9.27. The normalized spacial score (nSPS) is 25.5. The van der Waals surface area contributed by atoms with Gasteiger partial charge in [-0.1, -0.05) is 12.1 Å². The second kappa shape index (κ2) is 7.51. The smallest absolute Gasteiger partial charge is 0.227 e. The van der Waals surface area contributed by atoms with Crippen LogP contribution in [0.5, 0.6) is 0 Å². The lowest BCUT2D eigenvalue weighted by Gasteiger charge is -2.39. The molecular formula is C18H24N6O2. The second-order valence-electron chi connectivity index (χ2n) is 6.85. The monoisotopic (exact) mass is 356 g/mol. The number of hydrogen-bond donors (Lipinski definition) is 2. The number of amides is 1. The van der Waals surface area contributed by atoms with Crippen LogP contribution < -0.4 is 10.6 Å². The van der Waals surface area contributed by atoms with Crippen molar-refractivity contribution in [2.24, 2.45) is 5.92 Å². The Morgan fingerprint density at radius 1 is 1.42 bits per heavy atom. The molecule has 2 N–H and O–H groups in total. The van der Waals surface area contributed by atoms with Gasteiger partial charge in [-0.15, -0.1) is 10.2 Å². The fraction of sp³-hybridized carbons (Fsp3) is 0.556. The number of anilines is 1. The standard InChI is InChI=1S/C18H24N6O2/c1-2-24-22-17(21-23-24)12-4-3-5-14(10-12)20-18(25)13-6-7-16-15(11-13)19-8-9-26-16/h3-5,10,13,15-16,19H,2,6-9,11H2,1H3,(H,20,25)/t13-,15+,16+/m0/s1. The lowest BCUT2D eigenvalue weighted by molar-refractivity contribution is -0.123. The number of tetrazole rings is 1. The molecule has 8 nitrogen and oxygen atoms in total. The highest BCUT2D eigenvalue weighted by atomic mass is 16.5. The van der Waals surface area contributed by atoms with Crippen molar-refractivity contribution in [2.75, 3.05) is 18.5 Å². The van der Waals surface area contributed by atoms with Crippen LogP contribution in [0.4, 0.5) is 5.69 Å². The first-order chi connectivity index (χ1) is 12.7. The zero-order valence-electron chi connectivity index (χ0n) is 14.9. The molecule has 1 aromatic carbocycles. The Labute approximate surface area is 152 Å². The molecule has 3 atom stereocenters. The van der Waals surface area contributed by atoms with Crippen molar-refractivity contribution in [1.29, 1.82) is 0 Å². The van der Waals surface area contributed by atoms with Crippen LogP contribution in [0.25, 0.3) is 11.4 Å². The minimum absolute atomic E-state index is 0.00759.